The van der Waals surface area contributed by atoms with Crippen molar-refractivity contribution >= 4 is 17.3 Å². The third-order valence-electron chi connectivity index (χ3n) is 5.96. The Labute approximate surface area is 168 Å². The number of benzene rings is 2. The molecule has 4 heteroatoms. The van der Waals surface area contributed by atoms with E-state index in [9.17, 15) is 4.79 Å². The first-order chi connectivity index (χ1) is 13.7. The van der Waals surface area contributed by atoms with Crippen molar-refractivity contribution in [3.8, 4) is 0 Å². The van der Waals surface area contributed by atoms with Gasteiger partial charge in [0.05, 0.1) is 0 Å². The summed E-state index contributed by atoms with van der Waals surface area (Å²) in [6.45, 7) is 7.93. The van der Waals surface area contributed by atoms with E-state index in [-0.39, 0.29) is 5.91 Å². The lowest BCUT2D eigenvalue weighted by molar-refractivity contribution is 0.102. The molecule has 0 spiro atoms. The van der Waals surface area contributed by atoms with Crippen molar-refractivity contribution in [2.75, 3.05) is 36.4 Å². The highest BCUT2D eigenvalue weighted by molar-refractivity contribution is 6.04. The molecular weight excluding hydrogens is 346 g/mol. The first-order valence-electron chi connectivity index (χ1n) is 10.6. The lowest BCUT2D eigenvalue weighted by Crippen LogP contribution is -2.33. The fraction of sp³-hybridized carbons (Fsp3) is 0.458. The Morgan fingerprint density at radius 3 is 2.36 bits per heavy atom. The van der Waals surface area contributed by atoms with Crippen LogP contribution in [0.25, 0.3) is 0 Å². The first kappa shape index (κ1) is 19.0. The number of nitrogens with one attached hydrogen (secondary N) is 1. The summed E-state index contributed by atoms with van der Waals surface area (Å²) in [7, 11) is 0. The van der Waals surface area contributed by atoms with Gasteiger partial charge in [-0.05, 0) is 80.1 Å². The van der Waals surface area contributed by atoms with Gasteiger partial charge in [0.1, 0.15) is 0 Å². The highest BCUT2D eigenvalue weighted by Gasteiger charge is 2.16. The number of nitrogens with zero attached hydrogens (tertiary/aromatic N) is 2. The fourth-order valence-corrected chi connectivity index (χ4v) is 4.38. The van der Waals surface area contributed by atoms with Crippen LogP contribution >= 0.6 is 0 Å². The van der Waals surface area contributed by atoms with E-state index in [0.717, 1.165) is 31.2 Å². The minimum absolute atomic E-state index is 0.0490. The van der Waals surface area contributed by atoms with Gasteiger partial charge in [-0.15, -0.1) is 0 Å². The lowest BCUT2D eigenvalue weighted by atomic mass is 9.99. The highest BCUT2D eigenvalue weighted by Crippen LogP contribution is 2.22. The van der Waals surface area contributed by atoms with Crippen LogP contribution in [0.5, 0.6) is 0 Å². The molecule has 2 saturated heterocycles. The molecule has 28 heavy (non-hydrogen) atoms. The van der Waals surface area contributed by atoms with Gasteiger partial charge in [0.15, 0.2) is 0 Å². The maximum atomic E-state index is 12.6. The van der Waals surface area contributed by atoms with Crippen LogP contribution in [0, 0.1) is 5.92 Å². The molecule has 4 nitrogen and oxygen atoms in total. The number of rotatable bonds is 5. The van der Waals surface area contributed by atoms with E-state index in [4.69, 9.17) is 0 Å². The molecule has 0 unspecified atom stereocenters. The maximum absolute atomic E-state index is 12.6. The quantitative estimate of drug-likeness (QED) is 0.815. The van der Waals surface area contributed by atoms with Gasteiger partial charge in [-0.2, -0.15) is 0 Å². The fourth-order valence-electron chi connectivity index (χ4n) is 4.38. The summed E-state index contributed by atoms with van der Waals surface area (Å²) in [5, 5.41) is 3.01. The molecule has 2 aromatic carbocycles. The van der Waals surface area contributed by atoms with E-state index in [1.54, 1.807) is 0 Å². The van der Waals surface area contributed by atoms with Crippen molar-refractivity contribution in [1.29, 1.82) is 0 Å². The van der Waals surface area contributed by atoms with Crippen LogP contribution in [0.2, 0.25) is 0 Å². The van der Waals surface area contributed by atoms with E-state index in [2.05, 4.69) is 46.3 Å². The van der Waals surface area contributed by atoms with E-state index in [1.807, 2.05) is 24.3 Å². The predicted octanol–water partition coefficient (Wildman–Crippen LogP) is 4.77. The Kier molecular flexibility index (Phi) is 5.96. The summed E-state index contributed by atoms with van der Waals surface area (Å²) in [6.07, 6.45) is 5.17. The SMILES string of the molecule is C[C@H]1CCCN(Cc2ccc(C(=O)Nc3ccc(N4CCCC4)cc3)cc2)C1. The second kappa shape index (κ2) is 8.78. The molecule has 2 aliphatic rings. The molecule has 1 atom stereocenters. The van der Waals surface area contributed by atoms with E-state index < -0.39 is 0 Å². The van der Waals surface area contributed by atoms with Crippen molar-refractivity contribution in [2.24, 2.45) is 5.92 Å². The number of piperidine rings is 1. The van der Waals surface area contributed by atoms with Crippen LogP contribution in [-0.4, -0.2) is 37.0 Å². The zero-order valence-electron chi connectivity index (χ0n) is 16.9. The van der Waals surface area contributed by atoms with Crippen LogP contribution in [0.1, 0.15) is 48.5 Å². The number of carbonyl (C=O) groups is 1. The van der Waals surface area contributed by atoms with E-state index >= 15 is 0 Å². The number of carbonyl (C=O) groups excluding carboxylic acids is 1. The zero-order chi connectivity index (χ0) is 19.3. The van der Waals surface area contributed by atoms with E-state index in [0.29, 0.717) is 5.56 Å². The van der Waals surface area contributed by atoms with Crippen molar-refractivity contribution in [1.82, 2.24) is 4.90 Å². The summed E-state index contributed by atoms with van der Waals surface area (Å²) in [4.78, 5) is 17.5. The van der Waals surface area contributed by atoms with Gasteiger partial charge in [0.2, 0.25) is 0 Å². The molecule has 1 amide bonds. The number of anilines is 2. The molecule has 0 bridgehead atoms. The number of amides is 1. The normalized spacial score (nSPS) is 20.3. The van der Waals surface area contributed by atoms with Crippen LogP contribution in [-0.2, 0) is 6.54 Å². The second-order valence-electron chi connectivity index (χ2n) is 8.37. The van der Waals surface area contributed by atoms with Crippen LogP contribution in [0.4, 0.5) is 11.4 Å². The summed E-state index contributed by atoms with van der Waals surface area (Å²) in [5.74, 6) is 0.739. The molecule has 2 fully saturated rings. The predicted molar refractivity (Wildman–Crippen MR) is 116 cm³/mol. The summed E-state index contributed by atoms with van der Waals surface area (Å²) >= 11 is 0. The van der Waals surface area contributed by atoms with Crippen molar-refractivity contribution < 1.29 is 4.79 Å². The Balaban J connectivity index is 1.33. The summed E-state index contributed by atoms with van der Waals surface area (Å²) in [5.41, 5.74) is 4.08. The monoisotopic (exact) mass is 377 g/mol. The molecule has 2 aromatic rings. The van der Waals surface area contributed by atoms with Gasteiger partial charge in [-0.25, -0.2) is 0 Å². The molecule has 2 aliphatic heterocycles. The Morgan fingerprint density at radius 2 is 1.68 bits per heavy atom. The van der Waals surface area contributed by atoms with Crippen molar-refractivity contribution in [3.63, 3.8) is 0 Å². The average Bonchev–Trinajstić information content (AvgIpc) is 3.24. The number of hydrogen-bond donors (Lipinski definition) is 1. The second-order valence-corrected chi connectivity index (χ2v) is 8.37. The van der Waals surface area contributed by atoms with Crippen LogP contribution < -0.4 is 10.2 Å². The molecule has 0 aromatic heterocycles. The Hall–Kier alpha value is -2.33. The van der Waals surface area contributed by atoms with Crippen LogP contribution in [0.3, 0.4) is 0 Å². The third kappa shape index (κ3) is 4.74. The number of hydrogen-bond acceptors (Lipinski definition) is 3. The molecule has 1 N–H and O–H groups in total. The van der Waals surface area contributed by atoms with Gasteiger partial charge >= 0.3 is 0 Å². The molecule has 148 valence electrons. The Bertz CT molecular complexity index is 779. The Morgan fingerprint density at radius 1 is 0.964 bits per heavy atom. The number of likely N-dealkylation sites (tertiary alicyclic amines) is 1. The van der Waals surface area contributed by atoms with Crippen molar-refractivity contribution in [2.45, 2.75) is 39.2 Å². The summed E-state index contributed by atoms with van der Waals surface area (Å²) in [6, 6.07) is 16.3. The molecule has 0 aliphatic carbocycles. The largest absolute Gasteiger partial charge is 0.372 e. The zero-order valence-corrected chi connectivity index (χ0v) is 16.9. The molecule has 2 heterocycles. The molecule has 0 saturated carbocycles. The smallest absolute Gasteiger partial charge is 0.255 e. The highest BCUT2D eigenvalue weighted by atomic mass is 16.1. The third-order valence-corrected chi connectivity index (χ3v) is 5.96. The van der Waals surface area contributed by atoms with Crippen molar-refractivity contribution in [3.05, 3.63) is 59.7 Å². The molecular formula is C24H31N3O. The minimum atomic E-state index is -0.0490. The molecule has 0 radical (unpaired) electrons. The first-order valence-corrected chi connectivity index (χ1v) is 10.6. The maximum Gasteiger partial charge on any atom is 0.255 e. The van der Waals surface area contributed by atoms with Crippen LogP contribution in [0.15, 0.2) is 48.5 Å². The molecule has 4 rings (SSSR count). The van der Waals surface area contributed by atoms with Gasteiger partial charge in [0, 0.05) is 43.1 Å². The van der Waals surface area contributed by atoms with E-state index in [1.165, 1.54) is 50.0 Å². The summed E-state index contributed by atoms with van der Waals surface area (Å²) < 4.78 is 0. The van der Waals surface area contributed by atoms with Gasteiger partial charge in [-0.1, -0.05) is 19.1 Å². The van der Waals surface area contributed by atoms with Gasteiger partial charge in [0.25, 0.3) is 5.91 Å². The lowest BCUT2D eigenvalue weighted by Gasteiger charge is -2.30. The van der Waals surface area contributed by atoms with Gasteiger partial charge in [-0.3, -0.25) is 9.69 Å². The van der Waals surface area contributed by atoms with Gasteiger partial charge < -0.3 is 10.2 Å². The standard InChI is InChI=1S/C24H31N3O/c1-19-5-4-14-26(17-19)18-20-6-8-21(9-7-20)24(28)25-22-10-12-23(13-11-22)27-15-2-3-16-27/h6-13,19H,2-5,14-18H2,1H3,(H,25,28)/t19-/m0/s1. The average molecular weight is 378 g/mol. The topological polar surface area (TPSA) is 35.6 Å². The minimum Gasteiger partial charge on any atom is -0.372 e.